The van der Waals surface area contributed by atoms with Crippen LogP contribution in [0.2, 0.25) is 0 Å². The Morgan fingerprint density at radius 1 is 1.31 bits per heavy atom. The van der Waals surface area contributed by atoms with Gasteiger partial charge in [-0.25, -0.2) is 0 Å². The number of thiocarbonyl (C=S) groups is 1. The average molecular weight is 243 g/mol. The lowest BCUT2D eigenvalue weighted by molar-refractivity contribution is -0.124. The van der Waals surface area contributed by atoms with E-state index < -0.39 is 0 Å². The molecule has 1 N–H and O–H groups in total. The van der Waals surface area contributed by atoms with Crippen molar-refractivity contribution < 1.29 is 9.53 Å². The minimum atomic E-state index is 0.0898. The van der Waals surface area contributed by atoms with Crippen LogP contribution in [-0.4, -0.2) is 66.8 Å². The van der Waals surface area contributed by atoms with Gasteiger partial charge in [0.25, 0.3) is 0 Å². The van der Waals surface area contributed by atoms with Gasteiger partial charge >= 0.3 is 0 Å². The molecular weight excluding hydrogens is 226 g/mol. The first-order valence-corrected chi connectivity index (χ1v) is 6.06. The number of ether oxygens (including phenoxy) is 1. The van der Waals surface area contributed by atoms with Crippen molar-refractivity contribution in [2.24, 2.45) is 0 Å². The Morgan fingerprint density at radius 2 is 2.06 bits per heavy atom. The summed E-state index contributed by atoms with van der Waals surface area (Å²) in [6.07, 6.45) is 0.966. The smallest absolute Gasteiger partial charge is 0.248 e. The van der Waals surface area contributed by atoms with Gasteiger partial charge in [-0.2, -0.15) is 0 Å². The van der Waals surface area contributed by atoms with Gasteiger partial charge in [0.05, 0.1) is 19.8 Å². The molecule has 0 aromatic heterocycles. The summed E-state index contributed by atoms with van der Waals surface area (Å²) in [5.74, 6) is 0.0898. The van der Waals surface area contributed by atoms with Gasteiger partial charge in [0, 0.05) is 26.2 Å². The maximum Gasteiger partial charge on any atom is 0.248 e. The Bertz CT molecular complexity index is 263. The van der Waals surface area contributed by atoms with Crippen molar-refractivity contribution in [1.29, 1.82) is 0 Å². The Labute approximate surface area is 101 Å². The summed E-state index contributed by atoms with van der Waals surface area (Å²) in [6.45, 7) is 5.73. The molecule has 0 unspecified atom stereocenters. The number of nitrogens with one attached hydrogen (secondary N) is 1. The van der Waals surface area contributed by atoms with E-state index in [1.807, 2.05) is 0 Å². The lowest BCUT2D eigenvalue weighted by Gasteiger charge is -2.27. The normalized spacial score (nSPS) is 22.6. The van der Waals surface area contributed by atoms with Gasteiger partial charge in [0.15, 0.2) is 5.11 Å². The SMILES string of the molecule is O=C1CNC(=S)N1CCCN1CCOCC1. The van der Waals surface area contributed by atoms with Crippen molar-refractivity contribution in [3.05, 3.63) is 0 Å². The molecule has 0 atom stereocenters. The van der Waals surface area contributed by atoms with Gasteiger partial charge in [-0.1, -0.05) is 0 Å². The van der Waals surface area contributed by atoms with E-state index in [1.54, 1.807) is 4.90 Å². The molecule has 2 aliphatic rings. The van der Waals surface area contributed by atoms with Gasteiger partial charge in [-0.15, -0.1) is 0 Å². The molecule has 2 aliphatic heterocycles. The number of nitrogens with zero attached hydrogens (tertiary/aromatic N) is 2. The van der Waals surface area contributed by atoms with Crippen LogP contribution in [0.15, 0.2) is 0 Å². The standard InChI is InChI=1S/C10H17N3O2S/c14-9-8-11-10(16)13(9)3-1-2-12-4-6-15-7-5-12/h1-8H2,(H,11,16). The molecule has 16 heavy (non-hydrogen) atoms. The Kier molecular flexibility index (Phi) is 4.09. The summed E-state index contributed by atoms with van der Waals surface area (Å²) in [5, 5.41) is 3.46. The van der Waals surface area contributed by atoms with Crippen LogP contribution >= 0.6 is 12.2 Å². The number of carbonyl (C=O) groups is 1. The van der Waals surface area contributed by atoms with E-state index in [0.29, 0.717) is 11.7 Å². The molecule has 5 nitrogen and oxygen atoms in total. The molecule has 1 amide bonds. The van der Waals surface area contributed by atoms with Crippen molar-refractivity contribution >= 4 is 23.2 Å². The summed E-state index contributed by atoms with van der Waals surface area (Å²) in [4.78, 5) is 15.4. The molecule has 2 heterocycles. The topological polar surface area (TPSA) is 44.8 Å². The van der Waals surface area contributed by atoms with Gasteiger partial charge < -0.3 is 10.1 Å². The predicted molar refractivity (Wildman–Crippen MR) is 64.2 cm³/mol. The number of amides is 1. The lowest BCUT2D eigenvalue weighted by Crippen LogP contribution is -2.39. The predicted octanol–water partition coefficient (Wildman–Crippen LogP) is -0.575. The quantitative estimate of drug-likeness (QED) is 0.670. The van der Waals surface area contributed by atoms with Gasteiger partial charge in [-0.05, 0) is 18.6 Å². The Hall–Kier alpha value is -0.720. The van der Waals surface area contributed by atoms with E-state index in [2.05, 4.69) is 10.2 Å². The minimum absolute atomic E-state index is 0.0898. The van der Waals surface area contributed by atoms with E-state index in [0.717, 1.165) is 45.8 Å². The summed E-state index contributed by atoms with van der Waals surface area (Å²) in [5.41, 5.74) is 0. The third-order valence-corrected chi connectivity index (χ3v) is 3.26. The Balaban J connectivity index is 1.67. The maximum absolute atomic E-state index is 11.4. The molecule has 0 radical (unpaired) electrons. The average Bonchev–Trinajstić information content (AvgIpc) is 2.62. The highest BCUT2D eigenvalue weighted by Crippen LogP contribution is 2.03. The van der Waals surface area contributed by atoms with Crippen molar-refractivity contribution in [1.82, 2.24) is 15.1 Å². The fourth-order valence-corrected chi connectivity index (χ4v) is 2.22. The highest BCUT2D eigenvalue weighted by Gasteiger charge is 2.24. The molecule has 90 valence electrons. The summed E-state index contributed by atoms with van der Waals surface area (Å²) in [6, 6.07) is 0. The van der Waals surface area contributed by atoms with Gasteiger partial charge in [0.2, 0.25) is 5.91 Å². The molecule has 0 aromatic rings. The molecule has 2 fully saturated rings. The maximum atomic E-state index is 11.4. The molecule has 2 rings (SSSR count). The minimum Gasteiger partial charge on any atom is -0.379 e. The molecular formula is C10H17N3O2S. The fourth-order valence-electron chi connectivity index (χ4n) is 1.96. The molecule has 0 aliphatic carbocycles. The highest BCUT2D eigenvalue weighted by molar-refractivity contribution is 7.80. The van der Waals surface area contributed by atoms with Crippen LogP contribution in [0, 0.1) is 0 Å². The van der Waals surface area contributed by atoms with E-state index >= 15 is 0 Å². The van der Waals surface area contributed by atoms with Crippen LogP contribution in [0.5, 0.6) is 0 Å². The van der Waals surface area contributed by atoms with Crippen molar-refractivity contribution in [3.8, 4) is 0 Å². The first-order valence-electron chi connectivity index (χ1n) is 5.65. The van der Waals surface area contributed by atoms with Crippen LogP contribution in [0.25, 0.3) is 0 Å². The van der Waals surface area contributed by atoms with Crippen LogP contribution in [0.3, 0.4) is 0 Å². The largest absolute Gasteiger partial charge is 0.379 e. The molecule has 0 spiro atoms. The van der Waals surface area contributed by atoms with E-state index in [4.69, 9.17) is 17.0 Å². The van der Waals surface area contributed by atoms with Gasteiger partial charge in [-0.3, -0.25) is 14.6 Å². The number of rotatable bonds is 4. The molecule has 2 saturated heterocycles. The molecule has 0 bridgehead atoms. The molecule has 0 aromatic carbocycles. The zero-order chi connectivity index (χ0) is 11.4. The highest BCUT2D eigenvalue weighted by atomic mass is 32.1. The third kappa shape index (κ3) is 2.90. The zero-order valence-corrected chi connectivity index (χ0v) is 10.1. The zero-order valence-electron chi connectivity index (χ0n) is 9.28. The Morgan fingerprint density at radius 3 is 2.69 bits per heavy atom. The fraction of sp³-hybridized carbons (Fsp3) is 0.800. The second-order valence-electron chi connectivity index (χ2n) is 4.01. The number of morpholine rings is 1. The van der Waals surface area contributed by atoms with E-state index in [1.165, 1.54) is 0 Å². The monoisotopic (exact) mass is 243 g/mol. The number of carbonyl (C=O) groups excluding carboxylic acids is 1. The third-order valence-electron chi connectivity index (χ3n) is 2.90. The van der Waals surface area contributed by atoms with Crippen LogP contribution in [0.4, 0.5) is 0 Å². The van der Waals surface area contributed by atoms with Crippen LogP contribution < -0.4 is 5.32 Å². The number of hydrogen-bond acceptors (Lipinski definition) is 4. The second kappa shape index (κ2) is 5.56. The van der Waals surface area contributed by atoms with Crippen molar-refractivity contribution in [2.75, 3.05) is 45.9 Å². The van der Waals surface area contributed by atoms with E-state index in [9.17, 15) is 4.79 Å². The summed E-state index contributed by atoms with van der Waals surface area (Å²) >= 11 is 5.05. The number of hydrogen-bond donors (Lipinski definition) is 1. The van der Waals surface area contributed by atoms with Crippen LogP contribution in [0.1, 0.15) is 6.42 Å². The van der Waals surface area contributed by atoms with Gasteiger partial charge in [0.1, 0.15) is 0 Å². The summed E-state index contributed by atoms with van der Waals surface area (Å²) < 4.78 is 5.28. The first kappa shape index (κ1) is 11.8. The van der Waals surface area contributed by atoms with Crippen LogP contribution in [-0.2, 0) is 9.53 Å². The van der Waals surface area contributed by atoms with Crippen molar-refractivity contribution in [3.63, 3.8) is 0 Å². The molecule has 0 saturated carbocycles. The second-order valence-corrected chi connectivity index (χ2v) is 4.40. The molecule has 6 heteroatoms. The summed E-state index contributed by atoms with van der Waals surface area (Å²) in [7, 11) is 0. The van der Waals surface area contributed by atoms with E-state index in [-0.39, 0.29) is 5.91 Å². The van der Waals surface area contributed by atoms with Crippen molar-refractivity contribution in [2.45, 2.75) is 6.42 Å². The lowest BCUT2D eigenvalue weighted by atomic mass is 10.3. The first-order chi connectivity index (χ1) is 7.77.